The molecule has 1 N–H and O–H groups in total. The van der Waals surface area contributed by atoms with E-state index in [0.717, 1.165) is 36.6 Å². The molecule has 0 atom stereocenters. The van der Waals surface area contributed by atoms with Crippen LogP contribution in [0.4, 0.5) is 10.8 Å². The Bertz CT molecular complexity index is 1090. The molecule has 28 heavy (non-hydrogen) atoms. The van der Waals surface area contributed by atoms with E-state index in [-0.39, 0.29) is 18.0 Å². The monoisotopic (exact) mass is 417 g/mol. The van der Waals surface area contributed by atoms with Gasteiger partial charge in [0.2, 0.25) is 5.91 Å². The minimum absolute atomic E-state index is 0.120. The van der Waals surface area contributed by atoms with Gasteiger partial charge in [-0.2, -0.15) is 4.98 Å². The number of rotatable bonds is 4. The van der Waals surface area contributed by atoms with Crippen molar-refractivity contribution in [2.45, 2.75) is 32.7 Å². The maximum atomic E-state index is 12.8. The standard InChI is InChI=1S/C19H20ClN5O2S/c1-12-5-6-13(20)9-14(12)22-15(26)10-25-11-21-17-16(18(25)27)28-19(23-17)24-7-3-2-4-8-24/h5-6,9,11H,2-4,7-8,10H2,1H3,(H,22,26). The number of nitrogens with one attached hydrogen (secondary N) is 1. The summed E-state index contributed by atoms with van der Waals surface area (Å²) < 4.78 is 1.80. The molecule has 9 heteroatoms. The van der Waals surface area contributed by atoms with Crippen LogP contribution in [0.5, 0.6) is 0 Å². The highest BCUT2D eigenvalue weighted by molar-refractivity contribution is 7.22. The van der Waals surface area contributed by atoms with Gasteiger partial charge in [0.25, 0.3) is 5.56 Å². The van der Waals surface area contributed by atoms with E-state index in [9.17, 15) is 9.59 Å². The first-order valence-corrected chi connectivity index (χ1v) is 10.4. The van der Waals surface area contributed by atoms with E-state index in [2.05, 4.69) is 20.2 Å². The first-order chi connectivity index (χ1) is 13.5. The Labute approximate surface area is 171 Å². The number of hydrogen-bond acceptors (Lipinski definition) is 6. The van der Waals surface area contributed by atoms with Gasteiger partial charge in [-0.3, -0.25) is 14.2 Å². The summed E-state index contributed by atoms with van der Waals surface area (Å²) in [6, 6.07) is 5.28. The van der Waals surface area contributed by atoms with Crippen molar-refractivity contribution in [1.82, 2.24) is 14.5 Å². The SMILES string of the molecule is Cc1ccc(Cl)cc1NC(=O)Cn1cnc2nc(N3CCCCC3)sc2c1=O. The van der Waals surface area contributed by atoms with E-state index in [4.69, 9.17) is 11.6 Å². The molecule has 0 spiro atoms. The van der Waals surface area contributed by atoms with Gasteiger partial charge in [0.05, 0.1) is 0 Å². The zero-order valence-electron chi connectivity index (χ0n) is 15.4. The van der Waals surface area contributed by atoms with Gasteiger partial charge >= 0.3 is 0 Å². The summed E-state index contributed by atoms with van der Waals surface area (Å²) in [4.78, 5) is 36.2. The lowest BCUT2D eigenvalue weighted by Gasteiger charge is -2.25. The molecule has 0 bridgehead atoms. The van der Waals surface area contributed by atoms with Crippen molar-refractivity contribution in [3.63, 3.8) is 0 Å². The molecule has 0 aliphatic carbocycles. The number of fused-ring (bicyclic) bond motifs is 1. The third kappa shape index (κ3) is 3.88. The summed E-state index contributed by atoms with van der Waals surface area (Å²) in [6.07, 6.45) is 4.88. The zero-order chi connectivity index (χ0) is 19.7. The number of hydrogen-bond donors (Lipinski definition) is 1. The molecule has 7 nitrogen and oxygen atoms in total. The number of benzene rings is 1. The van der Waals surface area contributed by atoms with Crippen LogP contribution in [0.2, 0.25) is 5.02 Å². The fourth-order valence-corrected chi connectivity index (χ4v) is 4.43. The maximum Gasteiger partial charge on any atom is 0.273 e. The number of carbonyl (C=O) groups excluding carboxylic acids is 1. The Kier molecular flexibility index (Phi) is 5.32. The number of piperidine rings is 1. The van der Waals surface area contributed by atoms with Crippen molar-refractivity contribution >= 4 is 50.0 Å². The average Bonchev–Trinajstić information content (AvgIpc) is 3.13. The summed E-state index contributed by atoms with van der Waals surface area (Å²) in [7, 11) is 0. The first kappa shape index (κ1) is 18.9. The Morgan fingerprint density at radius 2 is 2.07 bits per heavy atom. The molecule has 2 aromatic heterocycles. The molecular weight excluding hydrogens is 398 g/mol. The van der Waals surface area contributed by atoms with Crippen molar-refractivity contribution in [3.8, 4) is 0 Å². The number of nitrogens with zero attached hydrogens (tertiary/aromatic N) is 4. The highest BCUT2D eigenvalue weighted by Crippen LogP contribution is 2.27. The van der Waals surface area contributed by atoms with E-state index in [0.29, 0.717) is 21.1 Å². The van der Waals surface area contributed by atoms with Crippen LogP contribution in [-0.2, 0) is 11.3 Å². The maximum absolute atomic E-state index is 12.8. The van der Waals surface area contributed by atoms with E-state index in [1.54, 1.807) is 12.1 Å². The predicted molar refractivity (Wildman–Crippen MR) is 113 cm³/mol. The van der Waals surface area contributed by atoms with Gasteiger partial charge in [0.15, 0.2) is 10.8 Å². The predicted octanol–water partition coefficient (Wildman–Crippen LogP) is 3.44. The van der Waals surface area contributed by atoms with Crippen LogP contribution >= 0.6 is 22.9 Å². The van der Waals surface area contributed by atoms with Crippen LogP contribution in [0.3, 0.4) is 0 Å². The molecule has 1 aromatic carbocycles. The highest BCUT2D eigenvalue weighted by atomic mass is 35.5. The van der Waals surface area contributed by atoms with Crippen molar-refractivity contribution in [3.05, 3.63) is 45.5 Å². The molecule has 1 amide bonds. The topological polar surface area (TPSA) is 80.1 Å². The van der Waals surface area contributed by atoms with Crippen molar-refractivity contribution in [2.75, 3.05) is 23.3 Å². The zero-order valence-corrected chi connectivity index (χ0v) is 17.0. The number of aryl methyl sites for hydroxylation is 1. The van der Waals surface area contributed by atoms with Gasteiger partial charge in [-0.25, -0.2) is 4.98 Å². The third-order valence-electron chi connectivity index (χ3n) is 4.79. The lowest BCUT2D eigenvalue weighted by Crippen LogP contribution is -2.29. The molecule has 146 valence electrons. The van der Waals surface area contributed by atoms with Crippen molar-refractivity contribution < 1.29 is 4.79 Å². The van der Waals surface area contributed by atoms with Gasteiger partial charge in [-0.15, -0.1) is 0 Å². The molecule has 3 heterocycles. The van der Waals surface area contributed by atoms with Gasteiger partial charge in [-0.1, -0.05) is 29.0 Å². The second-order valence-electron chi connectivity index (χ2n) is 6.88. The van der Waals surface area contributed by atoms with Crippen LogP contribution in [0.25, 0.3) is 10.3 Å². The smallest absolute Gasteiger partial charge is 0.273 e. The molecular formula is C19H20ClN5O2S. The van der Waals surface area contributed by atoms with Gasteiger partial charge in [0.1, 0.15) is 17.6 Å². The van der Waals surface area contributed by atoms with Crippen LogP contribution < -0.4 is 15.8 Å². The first-order valence-electron chi connectivity index (χ1n) is 9.18. The molecule has 0 saturated carbocycles. The number of carbonyl (C=O) groups is 1. The molecule has 1 saturated heterocycles. The van der Waals surface area contributed by atoms with E-state index in [1.807, 2.05) is 13.0 Å². The van der Waals surface area contributed by atoms with Crippen LogP contribution in [0.1, 0.15) is 24.8 Å². The Morgan fingerprint density at radius 3 is 2.86 bits per heavy atom. The molecule has 1 aliphatic heterocycles. The van der Waals surface area contributed by atoms with Crippen molar-refractivity contribution in [1.29, 1.82) is 0 Å². The fourth-order valence-electron chi connectivity index (χ4n) is 3.24. The highest BCUT2D eigenvalue weighted by Gasteiger charge is 2.18. The lowest BCUT2D eigenvalue weighted by molar-refractivity contribution is -0.116. The normalized spacial score (nSPS) is 14.4. The minimum Gasteiger partial charge on any atom is -0.348 e. The van der Waals surface area contributed by atoms with Crippen molar-refractivity contribution in [2.24, 2.45) is 0 Å². The number of thiazole rings is 1. The fraction of sp³-hybridized carbons (Fsp3) is 0.368. The molecule has 0 radical (unpaired) electrons. The van der Waals surface area contributed by atoms with E-state index >= 15 is 0 Å². The lowest BCUT2D eigenvalue weighted by atomic mass is 10.1. The Morgan fingerprint density at radius 1 is 1.29 bits per heavy atom. The summed E-state index contributed by atoms with van der Waals surface area (Å²) in [5.74, 6) is -0.311. The van der Waals surface area contributed by atoms with E-state index in [1.165, 1.54) is 28.7 Å². The molecule has 0 unspecified atom stereocenters. The number of anilines is 2. The molecule has 3 aromatic rings. The number of aromatic nitrogens is 3. The summed E-state index contributed by atoms with van der Waals surface area (Å²) in [6.45, 7) is 3.67. The summed E-state index contributed by atoms with van der Waals surface area (Å²) in [5.41, 5.74) is 1.72. The third-order valence-corrected chi connectivity index (χ3v) is 6.12. The number of amides is 1. The Balaban J connectivity index is 1.55. The molecule has 4 rings (SSSR count). The number of halogens is 1. The summed E-state index contributed by atoms with van der Waals surface area (Å²) >= 11 is 7.34. The second kappa shape index (κ2) is 7.89. The largest absolute Gasteiger partial charge is 0.348 e. The van der Waals surface area contributed by atoms with Crippen LogP contribution in [0, 0.1) is 6.92 Å². The van der Waals surface area contributed by atoms with Crippen LogP contribution in [-0.4, -0.2) is 33.5 Å². The average molecular weight is 418 g/mol. The Hall–Kier alpha value is -2.45. The van der Waals surface area contributed by atoms with E-state index < -0.39 is 0 Å². The quantitative estimate of drug-likeness (QED) is 0.703. The van der Waals surface area contributed by atoms with Gasteiger partial charge in [-0.05, 0) is 43.9 Å². The second-order valence-corrected chi connectivity index (χ2v) is 8.30. The van der Waals surface area contributed by atoms with Crippen LogP contribution in [0.15, 0.2) is 29.3 Å². The minimum atomic E-state index is -0.311. The summed E-state index contributed by atoms with van der Waals surface area (Å²) in [5, 5.41) is 4.17. The molecule has 1 aliphatic rings. The van der Waals surface area contributed by atoms with Gasteiger partial charge < -0.3 is 10.2 Å². The van der Waals surface area contributed by atoms with Gasteiger partial charge in [0, 0.05) is 23.8 Å². The molecule has 1 fully saturated rings.